The predicted octanol–water partition coefficient (Wildman–Crippen LogP) is 1.25. The molecule has 4 heteroatoms. The Morgan fingerprint density at radius 2 is 2.18 bits per heavy atom. The van der Waals surface area contributed by atoms with Crippen molar-refractivity contribution in [3.8, 4) is 0 Å². The predicted molar refractivity (Wildman–Crippen MR) is 34.6 cm³/mol. The third-order valence-corrected chi connectivity index (χ3v) is 1.52. The van der Waals surface area contributed by atoms with Crippen molar-refractivity contribution < 1.29 is 18.3 Å². The highest BCUT2D eigenvalue weighted by Gasteiger charge is 2.29. The van der Waals surface area contributed by atoms with Gasteiger partial charge in [0.1, 0.15) is 13.2 Å². The van der Waals surface area contributed by atoms with Gasteiger partial charge in [-0.3, -0.25) is 4.79 Å². The molecule has 1 fully saturated rings. The minimum Gasteiger partial charge on any atom is -0.368 e. The summed E-state index contributed by atoms with van der Waals surface area (Å²) < 4.78 is 27.4. The van der Waals surface area contributed by atoms with Crippen molar-refractivity contribution in [2.75, 3.05) is 13.2 Å². The van der Waals surface area contributed by atoms with Gasteiger partial charge in [0.05, 0.1) is 0 Å². The first kappa shape index (κ1) is 8.59. The van der Waals surface area contributed by atoms with Crippen molar-refractivity contribution in [3.05, 3.63) is 0 Å². The monoisotopic (exact) mass is 164 g/mol. The van der Waals surface area contributed by atoms with Crippen molar-refractivity contribution in [2.45, 2.75) is 19.3 Å². The Morgan fingerprint density at radius 3 is 2.64 bits per heavy atom. The van der Waals surface area contributed by atoms with Crippen LogP contribution in [0.3, 0.4) is 0 Å². The molecule has 1 aliphatic rings. The lowest BCUT2D eigenvalue weighted by Gasteiger charge is -2.00. The van der Waals surface area contributed by atoms with Crippen molar-refractivity contribution >= 4 is 5.78 Å². The molecular weight excluding hydrogens is 154 g/mol. The first-order valence-electron chi connectivity index (χ1n) is 3.58. The van der Waals surface area contributed by atoms with Gasteiger partial charge in [-0.25, -0.2) is 8.78 Å². The molecule has 1 rings (SSSR count). The molecule has 0 aromatic rings. The lowest BCUT2D eigenvalue weighted by atomic mass is 10.3. The molecule has 1 aliphatic carbocycles. The van der Waals surface area contributed by atoms with Crippen LogP contribution in [0.4, 0.5) is 8.78 Å². The van der Waals surface area contributed by atoms with Gasteiger partial charge in [0.15, 0.2) is 5.78 Å². The van der Waals surface area contributed by atoms with Gasteiger partial charge < -0.3 is 4.74 Å². The summed E-state index contributed by atoms with van der Waals surface area (Å²) in [5.41, 5.74) is 0. The van der Waals surface area contributed by atoms with Crippen LogP contribution in [0.1, 0.15) is 12.8 Å². The molecule has 11 heavy (non-hydrogen) atoms. The van der Waals surface area contributed by atoms with Gasteiger partial charge in [0, 0.05) is 5.92 Å². The third kappa shape index (κ3) is 3.41. The van der Waals surface area contributed by atoms with E-state index in [0.717, 1.165) is 12.8 Å². The molecule has 0 N–H and O–H groups in total. The number of ketones is 1. The summed E-state index contributed by atoms with van der Waals surface area (Å²) >= 11 is 0. The van der Waals surface area contributed by atoms with Crippen molar-refractivity contribution in [1.29, 1.82) is 0 Å². The molecular formula is C7H10F2O2. The van der Waals surface area contributed by atoms with Crippen LogP contribution in [0.5, 0.6) is 0 Å². The fourth-order valence-corrected chi connectivity index (χ4v) is 0.772. The molecule has 0 aromatic carbocycles. The Balaban J connectivity index is 1.97. The van der Waals surface area contributed by atoms with E-state index in [1.54, 1.807) is 0 Å². The summed E-state index contributed by atoms with van der Waals surface area (Å²) in [6.45, 7) is -0.770. The molecule has 0 saturated heterocycles. The molecule has 0 atom stereocenters. The summed E-state index contributed by atoms with van der Waals surface area (Å²) in [5.74, 6) is 0.0679. The molecule has 0 unspecified atom stereocenters. The first-order chi connectivity index (χ1) is 5.20. The van der Waals surface area contributed by atoms with Crippen LogP contribution in [-0.4, -0.2) is 25.4 Å². The van der Waals surface area contributed by atoms with Crippen LogP contribution in [0, 0.1) is 5.92 Å². The lowest BCUT2D eigenvalue weighted by molar-refractivity contribution is -0.126. The van der Waals surface area contributed by atoms with E-state index < -0.39 is 13.0 Å². The molecule has 0 radical (unpaired) electrons. The molecule has 0 bridgehead atoms. The zero-order valence-corrected chi connectivity index (χ0v) is 6.06. The number of halogens is 2. The van der Waals surface area contributed by atoms with E-state index in [1.165, 1.54) is 0 Å². The maximum Gasteiger partial charge on any atom is 0.261 e. The third-order valence-electron chi connectivity index (χ3n) is 1.52. The zero-order valence-electron chi connectivity index (χ0n) is 6.06. The number of carbonyl (C=O) groups excluding carboxylic acids is 1. The van der Waals surface area contributed by atoms with Gasteiger partial charge in [-0.15, -0.1) is 0 Å². The van der Waals surface area contributed by atoms with Crippen LogP contribution >= 0.6 is 0 Å². The van der Waals surface area contributed by atoms with E-state index in [-0.39, 0.29) is 18.3 Å². The molecule has 2 nitrogen and oxygen atoms in total. The van der Waals surface area contributed by atoms with E-state index in [4.69, 9.17) is 0 Å². The van der Waals surface area contributed by atoms with E-state index >= 15 is 0 Å². The zero-order chi connectivity index (χ0) is 8.27. The van der Waals surface area contributed by atoms with Gasteiger partial charge in [0.2, 0.25) is 0 Å². The number of hydrogen-bond donors (Lipinski definition) is 0. The van der Waals surface area contributed by atoms with E-state index in [2.05, 4.69) is 4.74 Å². The van der Waals surface area contributed by atoms with Crippen LogP contribution in [0.15, 0.2) is 0 Å². The molecule has 0 spiro atoms. The minimum absolute atomic E-state index is 0.0364. The average Bonchev–Trinajstić information content (AvgIpc) is 2.66. The van der Waals surface area contributed by atoms with Gasteiger partial charge in [0.25, 0.3) is 6.43 Å². The highest BCUT2D eigenvalue weighted by atomic mass is 19.3. The van der Waals surface area contributed by atoms with Crippen molar-refractivity contribution in [3.63, 3.8) is 0 Å². The van der Waals surface area contributed by atoms with Gasteiger partial charge in [-0.1, -0.05) is 0 Å². The smallest absolute Gasteiger partial charge is 0.261 e. The summed E-state index contributed by atoms with van der Waals surface area (Å²) in [6, 6.07) is 0. The first-order valence-corrected chi connectivity index (χ1v) is 3.58. The molecule has 0 heterocycles. The standard InChI is InChI=1S/C7H10F2O2/c8-7(9)4-11-3-6(10)5-1-2-5/h5,7H,1-4H2. The normalized spacial score (nSPS) is 17.4. The van der Waals surface area contributed by atoms with E-state index in [1.807, 2.05) is 0 Å². The number of ether oxygens (including phenoxy) is 1. The highest BCUT2D eigenvalue weighted by Crippen LogP contribution is 2.29. The van der Waals surface area contributed by atoms with Gasteiger partial charge in [-0.05, 0) is 12.8 Å². The van der Waals surface area contributed by atoms with Gasteiger partial charge in [-0.2, -0.15) is 0 Å². The summed E-state index contributed by atoms with van der Waals surface area (Å²) in [6.07, 6.45) is -0.671. The van der Waals surface area contributed by atoms with Crippen molar-refractivity contribution in [1.82, 2.24) is 0 Å². The summed E-state index contributed by atoms with van der Waals surface area (Å²) in [4.78, 5) is 10.8. The Labute approximate surface area is 63.5 Å². The van der Waals surface area contributed by atoms with Gasteiger partial charge >= 0.3 is 0 Å². The molecule has 1 saturated carbocycles. The average molecular weight is 164 g/mol. The quantitative estimate of drug-likeness (QED) is 0.611. The lowest BCUT2D eigenvalue weighted by Crippen LogP contribution is -2.14. The fraction of sp³-hybridized carbons (Fsp3) is 0.857. The number of rotatable bonds is 5. The largest absolute Gasteiger partial charge is 0.368 e. The molecule has 0 amide bonds. The second kappa shape index (κ2) is 3.76. The number of alkyl halides is 2. The number of carbonyl (C=O) groups is 1. The Bertz CT molecular complexity index is 143. The Hall–Kier alpha value is -0.510. The molecule has 0 aliphatic heterocycles. The van der Waals surface area contributed by atoms with E-state index in [0.29, 0.717) is 0 Å². The number of hydrogen-bond acceptors (Lipinski definition) is 2. The SMILES string of the molecule is O=C(COCC(F)F)C1CC1. The fourth-order valence-electron chi connectivity index (χ4n) is 0.772. The minimum atomic E-state index is -2.47. The van der Waals surface area contributed by atoms with Crippen LogP contribution in [0.25, 0.3) is 0 Å². The number of Topliss-reactive ketones (excluding diaryl/α,β-unsaturated/α-hetero) is 1. The van der Waals surface area contributed by atoms with Crippen LogP contribution < -0.4 is 0 Å². The topological polar surface area (TPSA) is 26.3 Å². The highest BCUT2D eigenvalue weighted by molar-refractivity contribution is 5.84. The summed E-state index contributed by atoms with van der Waals surface area (Å²) in [5, 5.41) is 0. The van der Waals surface area contributed by atoms with Crippen LogP contribution in [0.2, 0.25) is 0 Å². The second-order valence-corrected chi connectivity index (χ2v) is 2.65. The molecule has 0 aromatic heterocycles. The van der Waals surface area contributed by atoms with E-state index in [9.17, 15) is 13.6 Å². The van der Waals surface area contributed by atoms with Crippen LogP contribution in [-0.2, 0) is 9.53 Å². The summed E-state index contributed by atoms with van der Waals surface area (Å²) in [7, 11) is 0. The maximum absolute atomic E-state index is 11.5. The van der Waals surface area contributed by atoms with Crippen molar-refractivity contribution in [2.24, 2.45) is 5.92 Å². The Kier molecular flexibility index (Phi) is 2.93. The Morgan fingerprint density at radius 1 is 1.55 bits per heavy atom. The maximum atomic E-state index is 11.5. The second-order valence-electron chi connectivity index (χ2n) is 2.65. The molecule has 64 valence electrons.